The highest BCUT2D eigenvalue weighted by Crippen LogP contribution is 2.29. The van der Waals surface area contributed by atoms with Gasteiger partial charge in [0, 0.05) is 30.4 Å². The average molecular weight is 492 g/mol. The number of carbonyl (C=O) groups is 1. The van der Waals surface area contributed by atoms with Gasteiger partial charge in [-0.15, -0.1) is 11.8 Å². The molecule has 3 aromatic rings. The van der Waals surface area contributed by atoms with Crippen LogP contribution >= 0.6 is 11.8 Å². The second-order valence-corrected chi connectivity index (χ2v) is 9.90. The third-order valence-corrected chi connectivity index (χ3v) is 7.13. The van der Waals surface area contributed by atoms with Gasteiger partial charge in [-0.2, -0.15) is 4.98 Å². The molecule has 0 saturated heterocycles. The van der Waals surface area contributed by atoms with Gasteiger partial charge in [-0.1, -0.05) is 49.7 Å². The predicted molar refractivity (Wildman–Crippen MR) is 142 cm³/mol. The largest absolute Gasteiger partial charge is 0.486 e. The number of aromatic nitrogens is 2. The second-order valence-electron chi connectivity index (χ2n) is 9.02. The van der Waals surface area contributed by atoms with Crippen LogP contribution in [0.1, 0.15) is 55.5 Å². The monoisotopic (exact) mass is 491 g/mol. The molecule has 0 fully saturated rings. The maximum absolute atomic E-state index is 13.5. The SMILES string of the molecule is CCCCOc1c2n(c(Cc3ccccc3-c3ccc(SC)cc3)nc1=O)CCN(C(C)C)C2=O. The van der Waals surface area contributed by atoms with E-state index in [9.17, 15) is 9.59 Å². The van der Waals surface area contributed by atoms with Gasteiger partial charge in [0.05, 0.1) is 6.61 Å². The van der Waals surface area contributed by atoms with Crippen LogP contribution in [-0.2, 0) is 13.0 Å². The third-order valence-electron chi connectivity index (χ3n) is 6.38. The van der Waals surface area contributed by atoms with Crippen molar-refractivity contribution in [3.05, 3.63) is 76.0 Å². The molecule has 0 aliphatic carbocycles. The van der Waals surface area contributed by atoms with Crippen molar-refractivity contribution in [2.24, 2.45) is 0 Å². The number of fused-ring (bicyclic) bond motifs is 1. The predicted octanol–water partition coefficient (Wildman–Crippen LogP) is 5.27. The van der Waals surface area contributed by atoms with Crippen LogP contribution in [0.3, 0.4) is 0 Å². The first-order valence-corrected chi connectivity index (χ1v) is 13.5. The summed E-state index contributed by atoms with van der Waals surface area (Å²) < 4.78 is 7.75. The fraction of sp³-hybridized carbons (Fsp3) is 0.393. The highest BCUT2D eigenvalue weighted by atomic mass is 32.2. The first kappa shape index (κ1) is 25.0. The van der Waals surface area contributed by atoms with Crippen LogP contribution in [0.5, 0.6) is 5.75 Å². The summed E-state index contributed by atoms with van der Waals surface area (Å²) in [5, 5.41) is 0. The maximum Gasteiger partial charge on any atom is 0.316 e. The Labute approximate surface area is 211 Å². The zero-order valence-electron chi connectivity index (χ0n) is 20.9. The lowest BCUT2D eigenvalue weighted by Crippen LogP contribution is -2.46. The number of unbranched alkanes of at least 4 members (excludes halogenated alkanes) is 1. The lowest BCUT2D eigenvalue weighted by atomic mass is 9.97. The van der Waals surface area contributed by atoms with Crippen LogP contribution in [-0.4, -0.2) is 45.8 Å². The Morgan fingerprint density at radius 2 is 1.80 bits per heavy atom. The minimum Gasteiger partial charge on any atom is -0.486 e. The number of ether oxygens (including phenoxy) is 1. The first-order chi connectivity index (χ1) is 16.9. The smallest absolute Gasteiger partial charge is 0.316 e. The second kappa shape index (κ2) is 11.1. The van der Waals surface area contributed by atoms with E-state index in [0.717, 1.165) is 29.5 Å². The lowest BCUT2D eigenvalue weighted by Gasteiger charge is -2.34. The lowest BCUT2D eigenvalue weighted by molar-refractivity contribution is 0.0635. The summed E-state index contributed by atoms with van der Waals surface area (Å²) in [4.78, 5) is 34.0. The third kappa shape index (κ3) is 5.30. The van der Waals surface area contributed by atoms with Crippen LogP contribution in [0.15, 0.2) is 58.2 Å². The van der Waals surface area contributed by atoms with Gasteiger partial charge in [-0.25, -0.2) is 0 Å². The number of carbonyl (C=O) groups excluding carboxylic acids is 1. The van der Waals surface area contributed by atoms with Gasteiger partial charge in [0.1, 0.15) is 5.82 Å². The highest BCUT2D eigenvalue weighted by Gasteiger charge is 2.33. The Balaban J connectivity index is 1.78. The fourth-order valence-corrected chi connectivity index (χ4v) is 4.86. The van der Waals surface area contributed by atoms with E-state index in [0.29, 0.717) is 37.6 Å². The summed E-state index contributed by atoms with van der Waals surface area (Å²) in [5.41, 5.74) is 3.13. The summed E-state index contributed by atoms with van der Waals surface area (Å²) in [6.07, 6.45) is 4.26. The molecule has 1 amide bonds. The molecule has 184 valence electrons. The summed E-state index contributed by atoms with van der Waals surface area (Å²) >= 11 is 1.71. The van der Waals surface area contributed by atoms with Crippen molar-refractivity contribution >= 4 is 17.7 Å². The summed E-state index contributed by atoms with van der Waals surface area (Å²) in [5.74, 6) is 0.510. The minimum absolute atomic E-state index is 0.0384. The molecule has 1 aliphatic rings. The van der Waals surface area contributed by atoms with Gasteiger partial charge in [0.15, 0.2) is 5.69 Å². The van der Waals surface area contributed by atoms with Crippen molar-refractivity contribution in [1.29, 1.82) is 0 Å². The van der Waals surface area contributed by atoms with E-state index in [2.05, 4.69) is 54.6 Å². The molecule has 4 rings (SSSR count). The van der Waals surface area contributed by atoms with Crippen molar-refractivity contribution < 1.29 is 9.53 Å². The standard InChI is InChI=1S/C28H33N3O3S/c1-5-6-17-34-26-25-28(33)30(19(2)3)15-16-31(25)24(29-27(26)32)18-21-9-7-8-10-23(21)20-11-13-22(35-4)14-12-20/h7-14,19H,5-6,15-18H2,1-4H3. The van der Waals surface area contributed by atoms with E-state index in [4.69, 9.17) is 4.74 Å². The highest BCUT2D eigenvalue weighted by molar-refractivity contribution is 7.98. The summed E-state index contributed by atoms with van der Waals surface area (Å²) in [6.45, 7) is 7.59. The van der Waals surface area contributed by atoms with E-state index >= 15 is 0 Å². The molecular weight excluding hydrogens is 458 g/mol. The van der Waals surface area contributed by atoms with Gasteiger partial charge in [0.2, 0.25) is 5.75 Å². The van der Waals surface area contributed by atoms with E-state index in [1.807, 2.05) is 30.5 Å². The summed E-state index contributed by atoms with van der Waals surface area (Å²) in [7, 11) is 0. The number of benzene rings is 2. The van der Waals surface area contributed by atoms with Crippen molar-refractivity contribution in [1.82, 2.24) is 14.5 Å². The van der Waals surface area contributed by atoms with Crippen LogP contribution in [0.2, 0.25) is 0 Å². The van der Waals surface area contributed by atoms with E-state index in [1.165, 1.54) is 4.90 Å². The molecule has 0 unspecified atom stereocenters. The first-order valence-electron chi connectivity index (χ1n) is 12.2. The molecule has 0 saturated carbocycles. The van der Waals surface area contributed by atoms with Gasteiger partial charge < -0.3 is 14.2 Å². The van der Waals surface area contributed by atoms with Crippen LogP contribution < -0.4 is 10.3 Å². The molecule has 1 aliphatic heterocycles. The van der Waals surface area contributed by atoms with Gasteiger partial charge in [-0.05, 0) is 55.3 Å². The van der Waals surface area contributed by atoms with Crippen molar-refractivity contribution in [3.8, 4) is 16.9 Å². The molecular formula is C28H33N3O3S. The van der Waals surface area contributed by atoms with Crippen molar-refractivity contribution in [2.75, 3.05) is 19.4 Å². The normalized spacial score (nSPS) is 13.3. The quantitative estimate of drug-likeness (QED) is 0.302. The number of nitrogens with zero attached hydrogens (tertiary/aromatic N) is 3. The fourth-order valence-electron chi connectivity index (χ4n) is 4.45. The zero-order valence-corrected chi connectivity index (χ0v) is 21.7. The number of hydrogen-bond donors (Lipinski definition) is 0. The van der Waals surface area contributed by atoms with E-state index in [-0.39, 0.29) is 17.7 Å². The molecule has 0 atom stereocenters. The van der Waals surface area contributed by atoms with Gasteiger partial charge >= 0.3 is 5.56 Å². The minimum atomic E-state index is -0.469. The molecule has 6 nitrogen and oxygen atoms in total. The Hall–Kier alpha value is -3.06. The molecule has 0 bridgehead atoms. The molecule has 1 aromatic heterocycles. The molecule has 2 aromatic carbocycles. The number of hydrogen-bond acceptors (Lipinski definition) is 5. The molecule has 35 heavy (non-hydrogen) atoms. The van der Waals surface area contributed by atoms with Crippen LogP contribution in [0.25, 0.3) is 11.1 Å². The number of rotatable bonds is 9. The van der Waals surface area contributed by atoms with E-state index < -0.39 is 5.56 Å². The topological polar surface area (TPSA) is 64.4 Å². The van der Waals surface area contributed by atoms with Crippen LogP contribution in [0.4, 0.5) is 0 Å². The van der Waals surface area contributed by atoms with Crippen LogP contribution in [0, 0.1) is 0 Å². The van der Waals surface area contributed by atoms with Gasteiger partial charge in [0.25, 0.3) is 5.91 Å². The maximum atomic E-state index is 13.5. The summed E-state index contributed by atoms with van der Waals surface area (Å²) in [6, 6.07) is 16.7. The Morgan fingerprint density at radius 3 is 2.49 bits per heavy atom. The Kier molecular flexibility index (Phi) is 7.96. The number of thioether (sulfide) groups is 1. The molecule has 7 heteroatoms. The molecule has 0 radical (unpaired) electrons. The van der Waals surface area contributed by atoms with Gasteiger partial charge in [-0.3, -0.25) is 9.59 Å². The Bertz CT molecular complexity index is 1250. The van der Waals surface area contributed by atoms with Crippen molar-refractivity contribution in [2.45, 2.75) is 57.5 Å². The Morgan fingerprint density at radius 1 is 1.06 bits per heavy atom. The molecule has 2 heterocycles. The zero-order chi connectivity index (χ0) is 24.9. The number of amides is 1. The molecule has 0 N–H and O–H groups in total. The van der Waals surface area contributed by atoms with E-state index in [1.54, 1.807) is 16.7 Å². The average Bonchev–Trinajstić information content (AvgIpc) is 2.86. The molecule has 0 spiro atoms. The van der Waals surface area contributed by atoms with Crippen molar-refractivity contribution in [3.63, 3.8) is 0 Å².